The Morgan fingerprint density at radius 3 is 2.64 bits per heavy atom. The maximum absolute atomic E-state index is 11.9. The lowest BCUT2D eigenvalue weighted by atomic mass is 10.2. The lowest BCUT2D eigenvalue weighted by molar-refractivity contribution is -0.143. The first-order valence-corrected chi connectivity index (χ1v) is 9.29. The van der Waals surface area contributed by atoms with Crippen molar-refractivity contribution in [3.63, 3.8) is 0 Å². The Bertz CT molecular complexity index is 829. The van der Waals surface area contributed by atoms with E-state index < -0.39 is 12.0 Å². The number of hydrogen-bond donors (Lipinski definition) is 2. The molecule has 0 atom stereocenters. The summed E-state index contributed by atoms with van der Waals surface area (Å²) in [6.45, 7) is 1.23. The average molecular weight is 405 g/mol. The molecule has 148 valence electrons. The SMILES string of the molecule is O=C(NCC(=O)OCc1cc(Cl)c2c(c1)OCCCO2)NCc1ccccc1. The Morgan fingerprint density at radius 2 is 1.82 bits per heavy atom. The maximum atomic E-state index is 11.9. The van der Waals surface area contributed by atoms with E-state index in [0.29, 0.717) is 41.8 Å². The fourth-order valence-electron chi connectivity index (χ4n) is 2.58. The Kier molecular flexibility index (Phi) is 6.97. The minimum absolute atomic E-state index is 0.0164. The number of urea groups is 1. The molecule has 1 heterocycles. The molecule has 2 aromatic rings. The largest absolute Gasteiger partial charge is 0.489 e. The fraction of sp³-hybridized carbons (Fsp3) is 0.300. The number of ether oxygens (including phenoxy) is 3. The van der Waals surface area contributed by atoms with E-state index in [0.717, 1.165) is 12.0 Å². The summed E-state index contributed by atoms with van der Waals surface area (Å²) in [5.74, 6) is 0.485. The van der Waals surface area contributed by atoms with Gasteiger partial charge in [0.25, 0.3) is 0 Å². The van der Waals surface area contributed by atoms with Crippen LogP contribution < -0.4 is 20.1 Å². The highest BCUT2D eigenvalue weighted by molar-refractivity contribution is 6.32. The highest BCUT2D eigenvalue weighted by Gasteiger charge is 2.16. The second-order valence-electron chi connectivity index (χ2n) is 6.14. The summed E-state index contributed by atoms with van der Waals surface area (Å²) in [5, 5.41) is 5.54. The van der Waals surface area contributed by atoms with Gasteiger partial charge in [0.1, 0.15) is 13.2 Å². The van der Waals surface area contributed by atoms with Gasteiger partial charge in [-0.25, -0.2) is 4.79 Å². The van der Waals surface area contributed by atoms with Crippen LogP contribution in [0.5, 0.6) is 11.5 Å². The van der Waals surface area contributed by atoms with Crippen molar-refractivity contribution >= 4 is 23.6 Å². The molecule has 2 aromatic carbocycles. The van der Waals surface area contributed by atoms with Crippen molar-refractivity contribution in [1.82, 2.24) is 10.6 Å². The minimum Gasteiger partial charge on any atom is -0.489 e. The van der Waals surface area contributed by atoms with Crippen LogP contribution in [0.1, 0.15) is 17.5 Å². The summed E-state index contributed by atoms with van der Waals surface area (Å²) < 4.78 is 16.3. The van der Waals surface area contributed by atoms with Gasteiger partial charge in [0.2, 0.25) is 0 Å². The molecule has 0 aliphatic carbocycles. The number of benzene rings is 2. The number of fused-ring (bicyclic) bond motifs is 1. The number of nitrogens with one attached hydrogen (secondary N) is 2. The second kappa shape index (κ2) is 9.85. The van der Waals surface area contributed by atoms with Gasteiger partial charge in [-0.15, -0.1) is 0 Å². The third-order valence-corrected chi connectivity index (χ3v) is 4.23. The van der Waals surface area contributed by atoms with E-state index in [-0.39, 0.29) is 13.2 Å². The van der Waals surface area contributed by atoms with Crippen molar-refractivity contribution < 1.29 is 23.8 Å². The summed E-state index contributed by atoms with van der Waals surface area (Å²) >= 11 is 6.21. The van der Waals surface area contributed by atoms with Gasteiger partial charge in [-0.05, 0) is 23.3 Å². The van der Waals surface area contributed by atoms with Crippen LogP contribution in [-0.2, 0) is 22.7 Å². The molecule has 2 N–H and O–H groups in total. The molecule has 1 aliphatic heterocycles. The van der Waals surface area contributed by atoms with Crippen LogP contribution in [0.15, 0.2) is 42.5 Å². The number of esters is 1. The zero-order chi connectivity index (χ0) is 19.8. The molecular formula is C20H21ClN2O5. The first-order chi connectivity index (χ1) is 13.6. The van der Waals surface area contributed by atoms with E-state index in [4.69, 9.17) is 25.8 Å². The Hall–Kier alpha value is -2.93. The van der Waals surface area contributed by atoms with Gasteiger partial charge in [0.15, 0.2) is 11.5 Å². The summed E-state index contributed by atoms with van der Waals surface area (Å²) in [6, 6.07) is 12.4. The predicted octanol–water partition coefficient (Wildman–Crippen LogP) is 3.04. The molecule has 8 heteroatoms. The molecule has 0 bridgehead atoms. The fourth-order valence-corrected chi connectivity index (χ4v) is 2.86. The zero-order valence-electron chi connectivity index (χ0n) is 15.2. The third-order valence-electron chi connectivity index (χ3n) is 3.95. The van der Waals surface area contributed by atoms with E-state index in [9.17, 15) is 9.59 Å². The van der Waals surface area contributed by atoms with Crippen molar-refractivity contribution in [1.29, 1.82) is 0 Å². The van der Waals surface area contributed by atoms with Crippen LogP contribution in [0.4, 0.5) is 4.79 Å². The summed E-state index contributed by atoms with van der Waals surface area (Å²) in [5.41, 5.74) is 1.64. The van der Waals surface area contributed by atoms with Crippen LogP contribution in [0.25, 0.3) is 0 Å². The minimum atomic E-state index is -0.557. The highest BCUT2D eigenvalue weighted by atomic mass is 35.5. The van der Waals surface area contributed by atoms with Gasteiger partial charge >= 0.3 is 12.0 Å². The monoisotopic (exact) mass is 404 g/mol. The van der Waals surface area contributed by atoms with Gasteiger partial charge in [-0.1, -0.05) is 41.9 Å². The van der Waals surface area contributed by atoms with Gasteiger partial charge in [-0.2, -0.15) is 0 Å². The van der Waals surface area contributed by atoms with Crippen molar-refractivity contribution in [2.45, 2.75) is 19.6 Å². The van der Waals surface area contributed by atoms with Crippen LogP contribution in [0.2, 0.25) is 5.02 Å². The molecule has 28 heavy (non-hydrogen) atoms. The number of rotatable bonds is 6. The summed E-state index contributed by atoms with van der Waals surface area (Å²) in [7, 11) is 0. The number of carbonyl (C=O) groups is 2. The van der Waals surface area contributed by atoms with Crippen molar-refractivity contribution in [3.8, 4) is 11.5 Å². The molecule has 0 spiro atoms. The van der Waals surface area contributed by atoms with E-state index in [1.807, 2.05) is 30.3 Å². The average Bonchev–Trinajstić information content (AvgIpc) is 2.96. The standard InChI is InChI=1S/C20H21ClN2O5/c21-16-9-15(10-17-19(16)27-8-4-7-26-17)13-28-18(24)12-23-20(25)22-11-14-5-2-1-3-6-14/h1-3,5-6,9-10H,4,7-8,11-13H2,(H2,22,23,25). The molecule has 0 saturated heterocycles. The van der Waals surface area contributed by atoms with Crippen LogP contribution in [-0.4, -0.2) is 31.8 Å². The van der Waals surface area contributed by atoms with Crippen LogP contribution in [0.3, 0.4) is 0 Å². The smallest absolute Gasteiger partial charge is 0.325 e. The topological polar surface area (TPSA) is 85.9 Å². The number of carbonyl (C=O) groups excluding carboxylic acids is 2. The lowest BCUT2D eigenvalue weighted by Gasteiger charge is -2.12. The molecule has 7 nitrogen and oxygen atoms in total. The van der Waals surface area contributed by atoms with E-state index in [1.165, 1.54) is 0 Å². The van der Waals surface area contributed by atoms with E-state index >= 15 is 0 Å². The quantitative estimate of drug-likeness (QED) is 0.723. The van der Waals surface area contributed by atoms with Crippen molar-refractivity contribution in [2.75, 3.05) is 19.8 Å². The number of amides is 2. The molecule has 0 radical (unpaired) electrons. The van der Waals surface area contributed by atoms with Gasteiger partial charge in [0, 0.05) is 13.0 Å². The van der Waals surface area contributed by atoms with Crippen molar-refractivity contribution in [2.24, 2.45) is 0 Å². The molecule has 0 aromatic heterocycles. The van der Waals surface area contributed by atoms with Gasteiger partial charge < -0.3 is 24.8 Å². The maximum Gasteiger partial charge on any atom is 0.325 e. The first kappa shape index (κ1) is 19.8. The van der Waals surface area contributed by atoms with Gasteiger partial charge in [0.05, 0.1) is 18.2 Å². The van der Waals surface area contributed by atoms with Gasteiger partial charge in [-0.3, -0.25) is 4.79 Å². The second-order valence-corrected chi connectivity index (χ2v) is 6.55. The zero-order valence-corrected chi connectivity index (χ0v) is 16.0. The number of hydrogen-bond acceptors (Lipinski definition) is 5. The predicted molar refractivity (Wildman–Crippen MR) is 104 cm³/mol. The Balaban J connectivity index is 1.42. The molecule has 0 saturated carbocycles. The molecule has 0 unspecified atom stereocenters. The first-order valence-electron chi connectivity index (χ1n) is 8.91. The Labute approximate surface area is 167 Å². The summed E-state index contributed by atoms with van der Waals surface area (Å²) in [6.07, 6.45) is 0.771. The van der Waals surface area contributed by atoms with Crippen LogP contribution in [0, 0.1) is 0 Å². The lowest BCUT2D eigenvalue weighted by Crippen LogP contribution is -2.38. The molecule has 3 rings (SSSR count). The molecule has 1 aliphatic rings. The van der Waals surface area contributed by atoms with Crippen molar-refractivity contribution in [3.05, 3.63) is 58.6 Å². The number of halogens is 1. The highest BCUT2D eigenvalue weighted by Crippen LogP contribution is 2.38. The molecule has 0 fully saturated rings. The van der Waals surface area contributed by atoms with Crippen LogP contribution >= 0.6 is 11.6 Å². The Morgan fingerprint density at radius 1 is 1.04 bits per heavy atom. The summed E-state index contributed by atoms with van der Waals surface area (Å²) in [4.78, 5) is 23.6. The van der Waals surface area contributed by atoms with E-state index in [1.54, 1.807) is 12.1 Å². The normalized spacial score (nSPS) is 12.6. The molecule has 2 amide bonds. The van der Waals surface area contributed by atoms with E-state index in [2.05, 4.69) is 10.6 Å². The third kappa shape index (κ3) is 5.79. The molecular weight excluding hydrogens is 384 g/mol.